The number of hydrogen-bond donors (Lipinski definition) is 4. The van der Waals surface area contributed by atoms with Crippen LogP contribution in [-0.2, 0) is 9.36 Å². The monoisotopic (exact) mass is 211 g/mol. The number of aliphatic carboxylic acids is 1. The van der Waals surface area contributed by atoms with Crippen molar-refractivity contribution in [3.63, 3.8) is 0 Å². The lowest BCUT2D eigenvalue weighted by Crippen LogP contribution is -2.39. The number of carboxylic acids is 1. The number of carbonyl (C=O) groups is 1. The van der Waals surface area contributed by atoms with Crippen LogP contribution in [0.15, 0.2) is 0 Å². The van der Waals surface area contributed by atoms with Crippen LogP contribution >= 0.6 is 7.75 Å². The Labute approximate surface area is 76.2 Å². The molecule has 0 saturated heterocycles. The predicted octanol–water partition coefficient (Wildman–Crippen LogP) is 0.168. The first-order chi connectivity index (χ1) is 5.78. The van der Waals surface area contributed by atoms with E-state index in [0.717, 1.165) is 0 Å². The zero-order valence-electron chi connectivity index (χ0n) is 7.47. The number of hydrogen-bond acceptors (Lipinski definition) is 2. The van der Waals surface area contributed by atoms with Crippen molar-refractivity contribution in [1.82, 2.24) is 5.09 Å². The van der Waals surface area contributed by atoms with Crippen molar-refractivity contribution in [3.05, 3.63) is 0 Å². The van der Waals surface area contributed by atoms with E-state index >= 15 is 0 Å². The molecule has 6 nitrogen and oxygen atoms in total. The van der Waals surface area contributed by atoms with Crippen molar-refractivity contribution in [2.45, 2.75) is 26.3 Å². The number of carboxylic acid groups (broad SMARTS) is 1. The summed E-state index contributed by atoms with van der Waals surface area (Å²) in [5.41, 5.74) is 0. The Hall–Kier alpha value is -0.420. The fourth-order valence-corrected chi connectivity index (χ4v) is 1.57. The maximum Gasteiger partial charge on any atom is 0.401 e. The molecule has 0 aliphatic heterocycles. The minimum Gasteiger partial charge on any atom is -0.480 e. The van der Waals surface area contributed by atoms with Gasteiger partial charge in [0.1, 0.15) is 6.04 Å². The summed E-state index contributed by atoms with van der Waals surface area (Å²) in [6.45, 7) is 3.36. The average Bonchev–Trinajstić information content (AvgIpc) is 1.96. The second-order valence-corrected chi connectivity index (χ2v) is 4.22. The molecule has 0 heterocycles. The molecule has 78 valence electrons. The van der Waals surface area contributed by atoms with Gasteiger partial charge in [-0.2, -0.15) is 0 Å². The van der Waals surface area contributed by atoms with Gasteiger partial charge in [-0.25, -0.2) is 9.65 Å². The molecule has 0 aliphatic carbocycles. The fourth-order valence-electron chi connectivity index (χ4n) is 0.843. The van der Waals surface area contributed by atoms with E-state index in [4.69, 9.17) is 14.9 Å². The van der Waals surface area contributed by atoms with Crippen LogP contribution in [0.4, 0.5) is 0 Å². The van der Waals surface area contributed by atoms with Gasteiger partial charge in [0, 0.05) is 0 Å². The van der Waals surface area contributed by atoms with Gasteiger partial charge in [0.05, 0.1) is 0 Å². The third-order valence-electron chi connectivity index (χ3n) is 1.79. The molecule has 0 aliphatic rings. The minimum atomic E-state index is -4.47. The Kier molecular flexibility index (Phi) is 4.56. The first-order valence-corrected chi connectivity index (χ1v) is 5.45. The van der Waals surface area contributed by atoms with E-state index in [9.17, 15) is 9.36 Å². The van der Waals surface area contributed by atoms with Gasteiger partial charge in [-0.1, -0.05) is 20.3 Å². The molecule has 0 aromatic heterocycles. The zero-order chi connectivity index (χ0) is 10.6. The smallest absolute Gasteiger partial charge is 0.401 e. The highest BCUT2D eigenvalue weighted by atomic mass is 31.2. The van der Waals surface area contributed by atoms with Crippen molar-refractivity contribution >= 4 is 13.7 Å². The molecule has 0 radical (unpaired) electrons. The molecular weight excluding hydrogens is 197 g/mol. The molecule has 0 saturated carbocycles. The molecule has 0 amide bonds. The van der Waals surface area contributed by atoms with E-state index in [1.807, 2.05) is 0 Å². The van der Waals surface area contributed by atoms with E-state index in [-0.39, 0.29) is 5.92 Å². The lowest BCUT2D eigenvalue weighted by atomic mass is 10.0. The molecule has 0 bridgehead atoms. The predicted molar refractivity (Wildman–Crippen MR) is 46.1 cm³/mol. The summed E-state index contributed by atoms with van der Waals surface area (Å²) in [5, 5.41) is 10.4. The standard InChI is InChI=1S/C6H14NO5P/c1-3-4(2)5(6(8)9)7-13(10,11)12/h4-5H,3H2,1-2H3,(H,8,9)(H3,7,10,11,12). The maximum atomic E-state index is 10.6. The Morgan fingerprint density at radius 3 is 2.23 bits per heavy atom. The van der Waals surface area contributed by atoms with Crippen LogP contribution in [0, 0.1) is 5.92 Å². The summed E-state index contributed by atoms with van der Waals surface area (Å²) < 4.78 is 10.5. The van der Waals surface area contributed by atoms with E-state index < -0.39 is 19.8 Å². The quantitative estimate of drug-likeness (QED) is 0.483. The Bertz CT molecular complexity index is 225. The lowest BCUT2D eigenvalue weighted by molar-refractivity contribution is -0.140. The summed E-state index contributed by atoms with van der Waals surface area (Å²) in [4.78, 5) is 27.6. The highest BCUT2D eigenvalue weighted by Crippen LogP contribution is 2.30. The largest absolute Gasteiger partial charge is 0.480 e. The first-order valence-electron chi connectivity index (χ1n) is 3.84. The van der Waals surface area contributed by atoms with Gasteiger partial charge in [-0.15, -0.1) is 0 Å². The van der Waals surface area contributed by atoms with Gasteiger partial charge in [0.25, 0.3) is 0 Å². The number of rotatable bonds is 5. The van der Waals surface area contributed by atoms with Crippen LogP contribution in [0.25, 0.3) is 0 Å². The molecule has 0 fully saturated rings. The SMILES string of the molecule is CCC(C)C(NP(=O)(O)O)C(=O)O. The second-order valence-electron chi connectivity index (χ2n) is 2.87. The summed E-state index contributed by atoms with van der Waals surface area (Å²) in [6.07, 6.45) is 0.532. The van der Waals surface area contributed by atoms with E-state index in [0.29, 0.717) is 6.42 Å². The van der Waals surface area contributed by atoms with Gasteiger partial charge >= 0.3 is 13.7 Å². The Balaban J connectivity index is 4.45. The van der Waals surface area contributed by atoms with E-state index in [2.05, 4.69) is 0 Å². The van der Waals surface area contributed by atoms with Crippen LogP contribution in [-0.4, -0.2) is 26.9 Å². The highest BCUT2D eigenvalue weighted by molar-refractivity contribution is 7.49. The first kappa shape index (κ1) is 12.6. The number of nitrogens with one attached hydrogen (secondary N) is 1. The van der Waals surface area contributed by atoms with Crippen LogP contribution in [0.1, 0.15) is 20.3 Å². The van der Waals surface area contributed by atoms with Gasteiger partial charge < -0.3 is 14.9 Å². The van der Waals surface area contributed by atoms with Crippen LogP contribution in [0.2, 0.25) is 0 Å². The van der Waals surface area contributed by atoms with Gasteiger partial charge in [-0.3, -0.25) is 4.79 Å². The third-order valence-corrected chi connectivity index (χ3v) is 2.40. The van der Waals surface area contributed by atoms with Crippen molar-refractivity contribution in [3.8, 4) is 0 Å². The fraction of sp³-hybridized carbons (Fsp3) is 0.833. The van der Waals surface area contributed by atoms with Gasteiger partial charge in [0.15, 0.2) is 0 Å². The van der Waals surface area contributed by atoms with Gasteiger partial charge in [-0.05, 0) is 5.92 Å². The lowest BCUT2D eigenvalue weighted by Gasteiger charge is -2.20. The van der Waals surface area contributed by atoms with E-state index in [1.54, 1.807) is 18.9 Å². The van der Waals surface area contributed by atoms with Gasteiger partial charge in [0.2, 0.25) is 0 Å². The zero-order valence-corrected chi connectivity index (χ0v) is 8.36. The Morgan fingerprint density at radius 2 is 2.00 bits per heavy atom. The molecule has 7 heteroatoms. The molecule has 2 atom stereocenters. The summed E-state index contributed by atoms with van der Waals surface area (Å²) >= 11 is 0. The normalized spacial score (nSPS) is 16.6. The topological polar surface area (TPSA) is 107 Å². The molecule has 0 spiro atoms. The van der Waals surface area contributed by atoms with Crippen LogP contribution in [0.5, 0.6) is 0 Å². The molecule has 4 N–H and O–H groups in total. The summed E-state index contributed by atoms with van der Waals surface area (Å²) in [5.74, 6) is -1.58. The Morgan fingerprint density at radius 1 is 1.54 bits per heavy atom. The van der Waals surface area contributed by atoms with Crippen molar-refractivity contribution < 1.29 is 24.3 Å². The molecule has 0 aromatic carbocycles. The molecule has 0 aromatic rings. The molecule has 2 unspecified atom stereocenters. The summed E-state index contributed by atoms with van der Waals surface area (Å²) in [7, 11) is -4.47. The van der Waals surface area contributed by atoms with Crippen molar-refractivity contribution in [2.75, 3.05) is 0 Å². The van der Waals surface area contributed by atoms with Crippen molar-refractivity contribution in [2.24, 2.45) is 5.92 Å². The van der Waals surface area contributed by atoms with E-state index in [1.165, 1.54) is 0 Å². The maximum absolute atomic E-state index is 10.6. The van der Waals surface area contributed by atoms with Crippen LogP contribution < -0.4 is 5.09 Å². The van der Waals surface area contributed by atoms with Crippen molar-refractivity contribution in [1.29, 1.82) is 0 Å². The highest BCUT2D eigenvalue weighted by Gasteiger charge is 2.29. The molecule has 13 heavy (non-hydrogen) atoms. The minimum absolute atomic E-state index is 0.329. The van der Waals surface area contributed by atoms with Crippen LogP contribution in [0.3, 0.4) is 0 Å². The molecular formula is C6H14NO5P. The average molecular weight is 211 g/mol. The summed E-state index contributed by atoms with van der Waals surface area (Å²) in [6, 6.07) is -1.20. The third kappa shape index (κ3) is 5.00. The second kappa shape index (κ2) is 4.72. The molecule has 0 rings (SSSR count).